The number of rotatable bonds is 5. The van der Waals surface area contributed by atoms with E-state index in [0.29, 0.717) is 36.1 Å². The van der Waals surface area contributed by atoms with Crippen molar-refractivity contribution in [3.63, 3.8) is 0 Å². The van der Waals surface area contributed by atoms with Crippen LogP contribution in [0.5, 0.6) is 11.5 Å². The Kier molecular flexibility index (Phi) is 5.12. The monoisotopic (exact) mass is 393 g/mol. The maximum atomic E-state index is 12.9. The lowest BCUT2D eigenvalue weighted by Crippen LogP contribution is -2.30. The Morgan fingerprint density at radius 3 is 2.23 bits per heavy atom. The van der Waals surface area contributed by atoms with E-state index in [0.717, 1.165) is 0 Å². The number of carbonyl (C=O) groups is 2. The van der Waals surface area contributed by atoms with Crippen LogP contribution in [-0.4, -0.2) is 46.6 Å². The van der Waals surface area contributed by atoms with Gasteiger partial charge in [0.25, 0.3) is 0 Å². The number of carbonyl (C=O) groups excluding carboxylic acids is 2. The molecule has 0 unspecified atom stereocenters. The fourth-order valence-corrected chi connectivity index (χ4v) is 3.69. The largest absolute Gasteiger partial charge is 0.507 e. The van der Waals surface area contributed by atoms with Crippen LogP contribution in [0.25, 0.3) is 0 Å². The summed E-state index contributed by atoms with van der Waals surface area (Å²) >= 11 is 11.7. The number of hydrogen-bond acceptors (Lipinski definition) is 5. The van der Waals surface area contributed by atoms with Crippen molar-refractivity contribution in [3.8, 4) is 11.5 Å². The molecule has 136 valence electrons. The van der Waals surface area contributed by atoms with Gasteiger partial charge in [0.1, 0.15) is 11.5 Å². The lowest BCUT2D eigenvalue weighted by Gasteiger charge is -2.28. The van der Waals surface area contributed by atoms with Crippen molar-refractivity contribution in [2.24, 2.45) is 0 Å². The van der Waals surface area contributed by atoms with Crippen LogP contribution in [-0.2, 0) is 0 Å². The first-order chi connectivity index (χ1) is 12.4. The van der Waals surface area contributed by atoms with Crippen LogP contribution in [0.1, 0.15) is 37.4 Å². The molecule has 0 bridgehead atoms. The number of hydrogen-bond donors (Lipinski definition) is 2. The highest BCUT2D eigenvalue weighted by atomic mass is 35.5. The molecule has 0 spiro atoms. The molecule has 2 N–H and O–H groups in total. The molecule has 0 aliphatic heterocycles. The third-order valence-electron chi connectivity index (χ3n) is 4.56. The number of phenols is 2. The summed E-state index contributed by atoms with van der Waals surface area (Å²) in [5, 5.41) is 20.7. The van der Waals surface area contributed by atoms with Crippen LogP contribution in [0.4, 0.5) is 5.69 Å². The summed E-state index contributed by atoms with van der Waals surface area (Å²) in [4.78, 5) is 27.6. The highest BCUT2D eigenvalue weighted by Crippen LogP contribution is 2.41. The van der Waals surface area contributed by atoms with Crippen molar-refractivity contribution in [2.75, 3.05) is 29.7 Å². The molecule has 2 aromatic rings. The van der Waals surface area contributed by atoms with E-state index in [1.54, 1.807) is 13.0 Å². The topological polar surface area (TPSA) is 77.8 Å². The molecule has 1 aliphatic carbocycles. The van der Waals surface area contributed by atoms with Gasteiger partial charge in [-0.15, -0.1) is 23.2 Å². The van der Waals surface area contributed by atoms with Crippen LogP contribution < -0.4 is 4.90 Å². The quantitative estimate of drug-likeness (QED) is 0.648. The predicted octanol–water partition coefficient (Wildman–Crippen LogP) is 3.47. The summed E-state index contributed by atoms with van der Waals surface area (Å²) in [7, 11) is 0. The van der Waals surface area contributed by atoms with Crippen LogP contribution in [0.3, 0.4) is 0 Å². The third kappa shape index (κ3) is 2.81. The lowest BCUT2D eigenvalue weighted by atomic mass is 9.81. The molecule has 0 saturated carbocycles. The van der Waals surface area contributed by atoms with Gasteiger partial charge in [0.2, 0.25) is 5.78 Å². The average Bonchev–Trinajstić information content (AvgIpc) is 2.61. The molecule has 5 nitrogen and oxygen atoms in total. The summed E-state index contributed by atoms with van der Waals surface area (Å²) in [6.45, 7) is 2.62. The number of phenolic OH excluding ortho intramolecular Hbond substituents is 2. The number of anilines is 1. The van der Waals surface area contributed by atoms with E-state index in [1.165, 1.54) is 18.2 Å². The minimum Gasteiger partial charge on any atom is -0.507 e. The average molecular weight is 394 g/mol. The molecule has 0 heterocycles. The van der Waals surface area contributed by atoms with Crippen molar-refractivity contribution < 1.29 is 19.8 Å². The summed E-state index contributed by atoms with van der Waals surface area (Å²) in [6.07, 6.45) is 0. The van der Waals surface area contributed by atoms with Crippen molar-refractivity contribution in [3.05, 3.63) is 52.1 Å². The van der Waals surface area contributed by atoms with E-state index in [9.17, 15) is 19.8 Å². The maximum Gasteiger partial charge on any atom is 0.201 e. The summed E-state index contributed by atoms with van der Waals surface area (Å²) in [5.74, 6) is -0.840. The Morgan fingerprint density at radius 2 is 1.62 bits per heavy atom. The second kappa shape index (κ2) is 7.17. The second-order valence-corrected chi connectivity index (χ2v) is 6.77. The molecule has 0 amide bonds. The SMILES string of the molecule is Cc1c(N(CCCl)CCCl)cc2c(c1O)C(=O)c1c(O)cccc1C2=O. The first-order valence-electron chi connectivity index (χ1n) is 8.07. The molecule has 0 saturated heterocycles. The number of benzene rings is 2. The number of fused-ring (bicyclic) bond motifs is 2. The van der Waals surface area contributed by atoms with Gasteiger partial charge in [0.15, 0.2) is 5.78 Å². The van der Waals surface area contributed by atoms with E-state index in [4.69, 9.17) is 23.2 Å². The molecular weight excluding hydrogens is 377 g/mol. The minimum absolute atomic E-state index is 0.0779. The zero-order valence-electron chi connectivity index (χ0n) is 14.1. The van der Waals surface area contributed by atoms with E-state index < -0.39 is 11.6 Å². The Balaban J connectivity index is 2.24. The van der Waals surface area contributed by atoms with Gasteiger partial charge < -0.3 is 15.1 Å². The van der Waals surface area contributed by atoms with Crippen LogP contribution in [0.2, 0.25) is 0 Å². The zero-order valence-corrected chi connectivity index (χ0v) is 15.6. The standard InChI is InChI=1S/C19H17Cl2NO4/c1-10-13(22(7-5-20)8-6-21)9-12-16(17(10)24)19(26)15-11(18(12)25)3-2-4-14(15)23/h2-4,9,23-24H,5-8H2,1H3. The van der Waals surface area contributed by atoms with E-state index in [1.807, 2.05) is 4.90 Å². The third-order valence-corrected chi connectivity index (χ3v) is 4.90. The molecular formula is C19H17Cl2NO4. The van der Waals surface area contributed by atoms with Gasteiger partial charge in [-0.25, -0.2) is 0 Å². The Morgan fingerprint density at radius 1 is 0.962 bits per heavy atom. The van der Waals surface area contributed by atoms with Crippen molar-refractivity contribution in [2.45, 2.75) is 6.92 Å². The molecule has 0 fully saturated rings. The van der Waals surface area contributed by atoms with Gasteiger partial charge in [-0.3, -0.25) is 9.59 Å². The number of alkyl halides is 2. The number of aromatic hydroxyl groups is 2. The smallest absolute Gasteiger partial charge is 0.201 e. The van der Waals surface area contributed by atoms with Crippen molar-refractivity contribution in [1.82, 2.24) is 0 Å². The summed E-state index contributed by atoms with van der Waals surface area (Å²) in [6, 6.07) is 5.93. The van der Waals surface area contributed by atoms with E-state index >= 15 is 0 Å². The van der Waals surface area contributed by atoms with Crippen LogP contribution in [0, 0.1) is 6.92 Å². The number of halogens is 2. The Labute approximate surface area is 160 Å². The van der Waals surface area contributed by atoms with Gasteiger partial charge in [0.05, 0.1) is 11.1 Å². The highest BCUT2D eigenvalue weighted by Gasteiger charge is 2.35. The molecule has 0 atom stereocenters. The normalized spacial score (nSPS) is 12.7. The van der Waals surface area contributed by atoms with Gasteiger partial charge in [-0.1, -0.05) is 12.1 Å². The molecule has 2 aromatic carbocycles. The molecule has 7 heteroatoms. The zero-order chi connectivity index (χ0) is 19.0. The Hall–Kier alpha value is -2.24. The summed E-state index contributed by atoms with van der Waals surface area (Å²) < 4.78 is 0. The lowest BCUT2D eigenvalue weighted by molar-refractivity contribution is 0.0974. The van der Waals surface area contributed by atoms with Crippen molar-refractivity contribution in [1.29, 1.82) is 0 Å². The van der Waals surface area contributed by atoms with Crippen LogP contribution >= 0.6 is 23.2 Å². The first kappa shape index (κ1) is 18.5. The van der Waals surface area contributed by atoms with E-state index in [2.05, 4.69) is 0 Å². The van der Waals surface area contributed by atoms with Gasteiger partial charge in [-0.05, 0) is 19.1 Å². The van der Waals surface area contributed by atoms with Gasteiger partial charge in [0, 0.05) is 47.2 Å². The van der Waals surface area contributed by atoms with E-state index in [-0.39, 0.29) is 33.8 Å². The predicted molar refractivity (Wildman–Crippen MR) is 101 cm³/mol. The Bertz CT molecular complexity index is 905. The number of ketones is 2. The van der Waals surface area contributed by atoms with Crippen molar-refractivity contribution >= 4 is 40.5 Å². The molecule has 26 heavy (non-hydrogen) atoms. The van der Waals surface area contributed by atoms with Gasteiger partial charge in [-0.2, -0.15) is 0 Å². The highest BCUT2D eigenvalue weighted by molar-refractivity contribution is 6.30. The molecule has 1 aliphatic rings. The fourth-order valence-electron chi connectivity index (χ4n) is 3.29. The van der Waals surface area contributed by atoms with Crippen LogP contribution in [0.15, 0.2) is 24.3 Å². The number of nitrogens with zero attached hydrogens (tertiary/aromatic N) is 1. The molecule has 0 aromatic heterocycles. The first-order valence-corrected chi connectivity index (χ1v) is 9.14. The fraction of sp³-hybridized carbons (Fsp3) is 0.263. The molecule has 3 rings (SSSR count). The second-order valence-electron chi connectivity index (χ2n) is 6.01. The minimum atomic E-state index is -0.568. The maximum absolute atomic E-state index is 12.9. The molecule has 0 radical (unpaired) electrons. The summed E-state index contributed by atoms with van der Waals surface area (Å²) in [5.41, 5.74) is 1.14. The van der Waals surface area contributed by atoms with Gasteiger partial charge >= 0.3 is 0 Å².